The summed E-state index contributed by atoms with van der Waals surface area (Å²) >= 11 is 0. The summed E-state index contributed by atoms with van der Waals surface area (Å²) in [5, 5.41) is 18.8. The lowest BCUT2D eigenvalue weighted by Gasteiger charge is -2.45. The molecule has 6 N–H and O–H groups in total. The van der Waals surface area contributed by atoms with Crippen LogP contribution in [0.1, 0.15) is 92.4 Å². The topological polar surface area (TPSA) is 158 Å². The maximum Gasteiger partial charge on any atom is 0.247 e. The van der Waals surface area contributed by atoms with Crippen LogP contribution >= 0.6 is 0 Å². The Morgan fingerprint density at radius 3 is 2.20 bits per heavy atom. The number of unbranched alkanes of at least 4 members (excludes halogenated alkanes) is 3. The van der Waals surface area contributed by atoms with Crippen molar-refractivity contribution in [1.82, 2.24) is 15.5 Å². The normalized spacial score (nSPS) is 19.6. The van der Waals surface area contributed by atoms with Crippen molar-refractivity contribution in [3.8, 4) is 11.1 Å². The zero-order chi connectivity index (χ0) is 44.3. The van der Waals surface area contributed by atoms with E-state index in [1.807, 2.05) is 78.9 Å². The van der Waals surface area contributed by atoms with E-state index in [-0.39, 0.29) is 36.5 Å². The summed E-state index contributed by atoms with van der Waals surface area (Å²) in [6, 6.07) is 41.9. The van der Waals surface area contributed by atoms with Gasteiger partial charge >= 0.3 is 0 Å². The molecule has 64 heavy (non-hydrogen) atoms. The van der Waals surface area contributed by atoms with Crippen LogP contribution in [-0.4, -0.2) is 65.7 Å². The number of piperidine rings is 1. The number of nitrogens with zero attached hydrogens (tertiary/aromatic N) is 2. The second-order valence-electron chi connectivity index (χ2n) is 17.3. The van der Waals surface area contributed by atoms with Gasteiger partial charge in [-0.05, 0) is 89.9 Å². The Balaban J connectivity index is 0.858. The molecule has 3 fully saturated rings. The molecule has 3 aliphatic heterocycles. The van der Waals surface area contributed by atoms with Gasteiger partial charge in [0.1, 0.15) is 5.54 Å². The fourth-order valence-corrected chi connectivity index (χ4v) is 9.22. The summed E-state index contributed by atoms with van der Waals surface area (Å²) in [6.45, 7) is 3.19. The highest BCUT2D eigenvalue weighted by Gasteiger charge is 2.50. The highest BCUT2D eigenvalue weighted by atomic mass is 16.7. The van der Waals surface area contributed by atoms with E-state index in [0.29, 0.717) is 50.4 Å². The monoisotopic (exact) mass is 864 g/mol. The van der Waals surface area contributed by atoms with Crippen molar-refractivity contribution in [2.75, 3.05) is 42.3 Å². The third-order valence-electron chi connectivity index (χ3n) is 12.9. The Morgan fingerprint density at radius 1 is 0.750 bits per heavy atom. The van der Waals surface area contributed by atoms with Gasteiger partial charge in [-0.15, -0.1) is 0 Å². The van der Waals surface area contributed by atoms with E-state index < -0.39 is 11.8 Å². The molecule has 0 aliphatic carbocycles. The fourth-order valence-electron chi connectivity index (χ4n) is 9.22. The molecular formula is C52H60N6O6. The Labute approximate surface area is 376 Å². The van der Waals surface area contributed by atoms with Gasteiger partial charge in [-0.1, -0.05) is 104 Å². The van der Waals surface area contributed by atoms with Crippen molar-refractivity contribution < 1.29 is 29.0 Å². The molecule has 3 heterocycles. The summed E-state index contributed by atoms with van der Waals surface area (Å²) in [6.07, 6.45) is 5.29. The number of hydrogen-bond acceptors (Lipinski definition) is 9. The first kappa shape index (κ1) is 44.6. The quantitative estimate of drug-likeness (QED) is 0.0462. The van der Waals surface area contributed by atoms with Gasteiger partial charge < -0.3 is 46.1 Å². The van der Waals surface area contributed by atoms with Crippen LogP contribution in [-0.2, 0) is 37.0 Å². The summed E-state index contributed by atoms with van der Waals surface area (Å²) < 4.78 is 13.5. The Morgan fingerprint density at radius 2 is 1.45 bits per heavy atom. The standard InChI is InChI=1S/C52H60N6O6/c53-45-18-8-9-19-46(45)56-49(61)21-7-2-1-6-20-48(60)54-33-38-12-10-13-40(30-38)41-14-11-15-42(31-41)50-63-44(32-47(64-50)39-24-22-37(35-59)23-25-39)34-57-28-26-52(27-29-57)51(62)55-36-58(52)43-16-4-3-5-17-43/h3-5,8-19,22-25,30-31,44,47,50,59H,1-2,6-7,20-21,26-29,32-36,53H2,(H,54,60)(H,55,62)(H,56,61)/t44-,47+,50+/m0/s1. The Kier molecular flexibility index (Phi) is 14.7. The van der Waals surface area contributed by atoms with Gasteiger partial charge in [0, 0.05) is 56.7 Å². The van der Waals surface area contributed by atoms with Crippen molar-refractivity contribution in [2.24, 2.45) is 0 Å². The lowest BCUT2D eigenvalue weighted by atomic mass is 9.85. The minimum absolute atomic E-state index is 0.00801. The summed E-state index contributed by atoms with van der Waals surface area (Å²) in [5.74, 6) is 0.0584. The van der Waals surface area contributed by atoms with Crippen LogP contribution in [0.25, 0.3) is 11.1 Å². The van der Waals surface area contributed by atoms with Gasteiger partial charge in [-0.3, -0.25) is 14.4 Å². The van der Waals surface area contributed by atoms with Crippen LogP contribution in [0.5, 0.6) is 0 Å². The highest BCUT2D eigenvalue weighted by molar-refractivity contribution is 5.94. The third-order valence-corrected chi connectivity index (χ3v) is 12.9. The van der Waals surface area contributed by atoms with Crippen LogP contribution in [0.3, 0.4) is 0 Å². The molecule has 3 atom stereocenters. The fraction of sp³-hybridized carbons (Fsp3) is 0.365. The molecule has 3 saturated heterocycles. The molecule has 0 bridgehead atoms. The average molecular weight is 865 g/mol. The van der Waals surface area contributed by atoms with E-state index in [2.05, 4.69) is 62.1 Å². The number of carbonyl (C=O) groups is 3. The van der Waals surface area contributed by atoms with E-state index in [9.17, 15) is 19.5 Å². The van der Waals surface area contributed by atoms with E-state index in [1.165, 1.54) is 0 Å². The molecule has 0 aromatic heterocycles. The first-order valence-electron chi connectivity index (χ1n) is 22.7. The van der Waals surface area contributed by atoms with Crippen molar-refractivity contribution in [3.05, 3.63) is 150 Å². The number of nitrogens with one attached hydrogen (secondary N) is 3. The lowest BCUT2D eigenvalue weighted by Crippen LogP contribution is -2.57. The van der Waals surface area contributed by atoms with Crippen LogP contribution in [0, 0.1) is 0 Å². The predicted molar refractivity (Wildman–Crippen MR) is 250 cm³/mol. The average Bonchev–Trinajstić information content (AvgIpc) is 3.65. The van der Waals surface area contributed by atoms with E-state index in [1.54, 1.807) is 12.1 Å². The van der Waals surface area contributed by atoms with Crippen LogP contribution in [0.2, 0.25) is 0 Å². The number of nitrogen functional groups attached to an aromatic ring is 1. The number of para-hydroxylation sites is 3. The van der Waals surface area contributed by atoms with Crippen LogP contribution in [0.15, 0.2) is 127 Å². The molecule has 3 aliphatic rings. The van der Waals surface area contributed by atoms with Gasteiger partial charge in [-0.2, -0.15) is 0 Å². The predicted octanol–water partition coefficient (Wildman–Crippen LogP) is 8.00. The first-order chi connectivity index (χ1) is 31.3. The van der Waals surface area contributed by atoms with Crippen LogP contribution < -0.4 is 26.6 Å². The molecule has 0 radical (unpaired) electrons. The summed E-state index contributed by atoms with van der Waals surface area (Å²) in [7, 11) is 0. The number of rotatable bonds is 17. The van der Waals surface area contributed by atoms with Gasteiger partial charge in [0.25, 0.3) is 0 Å². The molecular weight excluding hydrogens is 805 g/mol. The lowest BCUT2D eigenvalue weighted by molar-refractivity contribution is -0.253. The summed E-state index contributed by atoms with van der Waals surface area (Å²) in [4.78, 5) is 43.1. The Hall–Kier alpha value is -6.05. The van der Waals surface area contributed by atoms with Crippen molar-refractivity contribution >= 4 is 34.8 Å². The molecule has 1 spiro atoms. The number of amides is 3. The van der Waals surface area contributed by atoms with Crippen LogP contribution in [0.4, 0.5) is 17.1 Å². The van der Waals surface area contributed by atoms with E-state index >= 15 is 0 Å². The minimum Gasteiger partial charge on any atom is -0.397 e. The Bertz CT molecular complexity index is 2350. The van der Waals surface area contributed by atoms with Gasteiger partial charge in [0.15, 0.2) is 6.29 Å². The van der Waals surface area contributed by atoms with Crippen molar-refractivity contribution in [2.45, 2.75) is 95.0 Å². The smallest absolute Gasteiger partial charge is 0.247 e. The molecule has 5 aromatic rings. The number of aliphatic hydroxyl groups is 1. The third kappa shape index (κ3) is 11.0. The number of benzene rings is 5. The number of hydrogen-bond donors (Lipinski definition) is 5. The number of aliphatic hydroxyl groups excluding tert-OH is 1. The van der Waals surface area contributed by atoms with Crippen molar-refractivity contribution in [3.63, 3.8) is 0 Å². The molecule has 3 amide bonds. The largest absolute Gasteiger partial charge is 0.397 e. The first-order valence-corrected chi connectivity index (χ1v) is 22.7. The zero-order valence-electron chi connectivity index (χ0n) is 36.4. The van der Waals surface area contributed by atoms with Gasteiger partial charge in [0.05, 0.1) is 36.9 Å². The van der Waals surface area contributed by atoms with E-state index in [4.69, 9.17) is 15.2 Å². The van der Waals surface area contributed by atoms with Crippen molar-refractivity contribution in [1.29, 1.82) is 0 Å². The molecule has 12 heteroatoms. The number of carbonyl (C=O) groups excluding carboxylic acids is 3. The molecule has 334 valence electrons. The van der Waals surface area contributed by atoms with Gasteiger partial charge in [-0.25, -0.2) is 0 Å². The number of anilines is 3. The minimum atomic E-state index is -0.611. The number of ether oxygens (including phenoxy) is 2. The zero-order valence-corrected chi connectivity index (χ0v) is 36.4. The number of nitrogens with two attached hydrogens (primary N) is 1. The second kappa shape index (κ2) is 21.1. The SMILES string of the molecule is Nc1ccccc1NC(=O)CCCCCCC(=O)NCc1cccc(-c2cccc([C@@H]3O[C@H](CN4CCC5(CC4)C(=O)NCN5c4ccccc4)C[C@H](c4ccc(CO)cc4)O3)c2)c1. The highest BCUT2D eigenvalue weighted by Crippen LogP contribution is 2.41. The summed E-state index contributed by atoms with van der Waals surface area (Å²) in [5.41, 5.74) is 13.5. The molecule has 8 rings (SSSR count). The number of likely N-dealkylation sites (tertiary alicyclic amines) is 1. The molecule has 0 saturated carbocycles. The maximum absolute atomic E-state index is 13.3. The second-order valence-corrected chi connectivity index (χ2v) is 17.3. The maximum atomic E-state index is 13.3. The molecule has 5 aromatic carbocycles. The molecule has 12 nitrogen and oxygen atoms in total. The van der Waals surface area contributed by atoms with Gasteiger partial charge in [0.2, 0.25) is 17.7 Å². The molecule has 0 unspecified atom stereocenters. The van der Waals surface area contributed by atoms with E-state index in [0.717, 1.165) is 90.7 Å².